The van der Waals surface area contributed by atoms with E-state index in [2.05, 4.69) is 5.32 Å². The lowest BCUT2D eigenvalue weighted by atomic mass is 10.1. The number of nitrogens with zero attached hydrogens (tertiary/aromatic N) is 2. The number of hydrogen-bond donors (Lipinski definition) is 1. The zero-order valence-corrected chi connectivity index (χ0v) is 16.9. The van der Waals surface area contributed by atoms with E-state index in [1.54, 1.807) is 36.4 Å². The standard InChI is InChI=1S/C23H17N3O3S/c1-2-29-18-7-4-3-6-17(18)25-21-20(19-8-5-13-30-19)22(27)26(23(21)28)16-11-9-15(14-24)10-12-16/h3-13,25H,2H2,1H3. The quantitative estimate of drug-likeness (QED) is 0.603. The van der Waals surface area contributed by atoms with Crippen LogP contribution in [0.1, 0.15) is 17.4 Å². The Labute approximate surface area is 177 Å². The SMILES string of the molecule is CCOc1ccccc1NC1=C(c2cccs2)C(=O)N(c2ccc(C#N)cc2)C1=O. The zero-order valence-electron chi connectivity index (χ0n) is 16.1. The van der Waals surface area contributed by atoms with Gasteiger partial charge < -0.3 is 10.1 Å². The first kappa shape index (κ1) is 19.4. The van der Waals surface area contributed by atoms with Gasteiger partial charge in [-0.05, 0) is 54.8 Å². The summed E-state index contributed by atoms with van der Waals surface area (Å²) in [5.74, 6) is -0.280. The van der Waals surface area contributed by atoms with Crippen molar-refractivity contribution >= 4 is 40.1 Å². The number of imide groups is 1. The van der Waals surface area contributed by atoms with E-state index >= 15 is 0 Å². The highest BCUT2D eigenvalue weighted by atomic mass is 32.1. The Bertz CT molecular complexity index is 1180. The Kier molecular flexibility index (Phi) is 5.33. The molecule has 0 bridgehead atoms. The maximum atomic E-state index is 13.3. The van der Waals surface area contributed by atoms with Crippen LogP contribution in [0.5, 0.6) is 5.75 Å². The molecule has 30 heavy (non-hydrogen) atoms. The lowest BCUT2D eigenvalue weighted by Gasteiger charge is -2.16. The van der Waals surface area contributed by atoms with Crippen molar-refractivity contribution in [2.75, 3.05) is 16.8 Å². The Morgan fingerprint density at radius 3 is 2.47 bits per heavy atom. The highest BCUT2D eigenvalue weighted by Gasteiger charge is 2.40. The molecule has 0 spiro atoms. The van der Waals surface area contributed by atoms with Gasteiger partial charge in [-0.15, -0.1) is 11.3 Å². The minimum absolute atomic E-state index is 0.193. The molecule has 0 atom stereocenters. The summed E-state index contributed by atoms with van der Waals surface area (Å²) in [7, 11) is 0. The van der Waals surface area contributed by atoms with Crippen LogP contribution in [0.25, 0.3) is 5.57 Å². The second-order valence-electron chi connectivity index (χ2n) is 6.39. The topological polar surface area (TPSA) is 82.4 Å². The Hall–Kier alpha value is -3.89. The molecule has 2 heterocycles. The van der Waals surface area contributed by atoms with E-state index in [0.29, 0.717) is 39.7 Å². The second-order valence-corrected chi connectivity index (χ2v) is 7.33. The molecule has 148 valence electrons. The van der Waals surface area contributed by atoms with E-state index in [1.807, 2.05) is 42.6 Å². The molecule has 2 aromatic carbocycles. The minimum atomic E-state index is -0.459. The third-order valence-electron chi connectivity index (χ3n) is 4.55. The summed E-state index contributed by atoms with van der Waals surface area (Å²) in [5.41, 5.74) is 1.97. The number of carbonyl (C=O) groups is 2. The third kappa shape index (κ3) is 3.45. The number of hydrogen-bond acceptors (Lipinski definition) is 6. The van der Waals surface area contributed by atoms with Gasteiger partial charge in [-0.3, -0.25) is 9.59 Å². The number of para-hydroxylation sites is 2. The third-order valence-corrected chi connectivity index (χ3v) is 5.44. The number of amides is 2. The molecule has 0 saturated heterocycles. The predicted molar refractivity (Wildman–Crippen MR) is 116 cm³/mol. The van der Waals surface area contributed by atoms with E-state index in [0.717, 1.165) is 4.90 Å². The number of nitriles is 1. The second kappa shape index (κ2) is 8.23. The van der Waals surface area contributed by atoms with Crippen LogP contribution in [0, 0.1) is 11.3 Å². The van der Waals surface area contributed by atoms with Gasteiger partial charge in [0.2, 0.25) is 0 Å². The van der Waals surface area contributed by atoms with Crippen molar-refractivity contribution in [2.24, 2.45) is 0 Å². The fourth-order valence-electron chi connectivity index (χ4n) is 3.20. The fourth-order valence-corrected chi connectivity index (χ4v) is 3.97. The summed E-state index contributed by atoms with van der Waals surface area (Å²) in [4.78, 5) is 28.5. The molecule has 1 aliphatic rings. The van der Waals surface area contributed by atoms with Crippen LogP contribution in [0.15, 0.2) is 71.7 Å². The summed E-state index contributed by atoms with van der Waals surface area (Å²) >= 11 is 1.39. The zero-order chi connectivity index (χ0) is 21.1. The molecule has 2 amide bonds. The molecule has 0 aliphatic carbocycles. The van der Waals surface area contributed by atoms with Gasteiger partial charge in [0, 0.05) is 4.88 Å². The van der Waals surface area contributed by atoms with E-state index in [-0.39, 0.29) is 5.70 Å². The molecule has 6 nitrogen and oxygen atoms in total. The van der Waals surface area contributed by atoms with Crippen LogP contribution < -0.4 is 15.0 Å². The average molecular weight is 415 g/mol. The van der Waals surface area contributed by atoms with Crippen LogP contribution in [0.2, 0.25) is 0 Å². The van der Waals surface area contributed by atoms with Crippen molar-refractivity contribution < 1.29 is 14.3 Å². The minimum Gasteiger partial charge on any atom is -0.492 e. The molecule has 0 unspecified atom stereocenters. The number of nitrogens with one attached hydrogen (secondary N) is 1. The maximum absolute atomic E-state index is 13.3. The van der Waals surface area contributed by atoms with Gasteiger partial charge >= 0.3 is 0 Å². The first-order chi connectivity index (χ1) is 14.6. The van der Waals surface area contributed by atoms with Crippen molar-refractivity contribution in [1.29, 1.82) is 5.26 Å². The fraction of sp³-hybridized carbons (Fsp3) is 0.0870. The monoisotopic (exact) mass is 415 g/mol. The Balaban J connectivity index is 1.78. The number of anilines is 2. The molecule has 0 fully saturated rings. The van der Waals surface area contributed by atoms with Gasteiger partial charge in [-0.1, -0.05) is 18.2 Å². The first-order valence-corrected chi connectivity index (χ1v) is 10.2. The van der Waals surface area contributed by atoms with E-state index in [4.69, 9.17) is 10.00 Å². The van der Waals surface area contributed by atoms with Crippen molar-refractivity contribution in [2.45, 2.75) is 6.92 Å². The molecule has 7 heteroatoms. The maximum Gasteiger partial charge on any atom is 0.282 e. The molecule has 1 N–H and O–H groups in total. The number of benzene rings is 2. The molecule has 0 radical (unpaired) electrons. The molecular formula is C23H17N3O3S. The molecule has 0 saturated carbocycles. The molecule has 3 aromatic rings. The van der Waals surface area contributed by atoms with Crippen molar-refractivity contribution in [3.63, 3.8) is 0 Å². The van der Waals surface area contributed by atoms with Crippen LogP contribution in [0.3, 0.4) is 0 Å². The smallest absolute Gasteiger partial charge is 0.282 e. The Morgan fingerprint density at radius 2 is 1.80 bits per heavy atom. The highest BCUT2D eigenvalue weighted by molar-refractivity contribution is 7.11. The first-order valence-electron chi connectivity index (χ1n) is 9.30. The van der Waals surface area contributed by atoms with E-state index in [9.17, 15) is 9.59 Å². The van der Waals surface area contributed by atoms with Gasteiger partial charge in [0.05, 0.1) is 35.2 Å². The van der Waals surface area contributed by atoms with Crippen molar-refractivity contribution in [1.82, 2.24) is 0 Å². The highest BCUT2D eigenvalue weighted by Crippen LogP contribution is 2.37. The Morgan fingerprint density at radius 1 is 1.03 bits per heavy atom. The average Bonchev–Trinajstić information content (AvgIpc) is 3.37. The number of thiophene rings is 1. The van der Waals surface area contributed by atoms with Gasteiger partial charge in [0.1, 0.15) is 11.4 Å². The van der Waals surface area contributed by atoms with Gasteiger partial charge in [-0.2, -0.15) is 5.26 Å². The molecule has 4 rings (SSSR count). The lowest BCUT2D eigenvalue weighted by Crippen LogP contribution is -2.32. The number of ether oxygens (including phenoxy) is 1. The van der Waals surface area contributed by atoms with Crippen molar-refractivity contribution in [3.8, 4) is 11.8 Å². The summed E-state index contributed by atoms with van der Waals surface area (Å²) in [6.45, 7) is 2.35. The van der Waals surface area contributed by atoms with Crippen LogP contribution in [-0.2, 0) is 9.59 Å². The summed E-state index contributed by atoms with van der Waals surface area (Å²) < 4.78 is 5.65. The predicted octanol–water partition coefficient (Wildman–Crippen LogP) is 4.42. The van der Waals surface area contributed by atoms with Crippen LogP contribution in [0.4, 0.5) is 11.4 Å². The number of rotatable bonds is 6. The summed E-state index contributed by atoms with van der Waals surface area (Å²) in [5, 5.41) is 14.0. The van der Waals surface area contributed by atoms with Gasteiger partial charge in [-0.25, -0.2) is 4.90 Å². The molecular weight excluding hydrogens is 398 g/mol. The van der Waals surface area contributed by atoms with Gasteiger partial charge in [0.25, 0.3) is 11.8 Å². The van der Waals surface area contributed by atoms with Gasteiger partial charge in [0.15, 0.2) is 0 Å². The van der Waals surface area contributed by atoms with Crippen LogP contribution >= 0.6 is 11.3 Å². The number of carbonyl (C=O) groups excluding carboxylic acids is 2. The summed E-state index contributed by atoms with van der Waals surface area (Å²) in [6.07, 6.45) is 0. The summed E-state index contributed by atoms with van der Waals surface area (Å²) in [6, 6.07) is 19.3. The van der Waals surface area contributed by atoms with E-state index < -0.39 is 11.8 Å². The van der Waals surface area contributed by atoms with Crippen LogP contribution in [-0.4, -0.2) is 18.4 Å². The normalized spacial score (nSPS) is 13.5. The molecule has 1 aliphatic heterocycles. The lowest BCUT2D eigenvalue weighted by molar-refractivity contribution is -0.120. The van der Waals surface area contributed by atoms with Crippen molar-refractivity contribution in [3.05, 3.63) is 82.2 Å². The van der Waals surface area contributed by atoms with E-state index in [1.165, 1.54) is 11.3 Å². The largest absolute Gasteiger partial charge is 0.492 e. The molecule has 1 aromatic heterocycles.